The van der Waals surface area contributed by atoms with Crippen LogP contribution in [0.5, 0.6) is 28.7 Å². The van der Waals surface area contributed by atoms with E-state index in [1.165, 1.54) is 63.5 Å². The van der Waals surface area contributed by atoms with Crippen molar-refractivity contribution in [2.45, 2.75) is 107 Å². The highest BCUT2D eigenvalue weighted by Crippen LogP contribution is 2.45. The van der Waals surface area contributed by atoms with E-state index in [0.29, 0.717) is 167 Å². The van der Waals surface area contributed by atoms with Crippen molar-refractivity contribution in [1.82, 2.24) is 47.0 Å². The van der Waals surface area contributed by atoms with Gasteiger partial charge in [0.15, 0.2) is 0 Å². The van der Waals surface area contributed by atoms with Gasteiger partial charge >= 0.3 is 6.36 Å². The standard InChI is InChI=1S/C25H25F3N4O5S2.2C24H25Cl2N3O3S2.C23H18ClN3O3S3/c1-15(18-14-38-22(21(18)33)16-2-4-17(5-3-16)37-25(26,27)28)30-31-24(35)20-7-6-19(39-20)23(34)29-8-9-32-10-12-36-13-11-32;1-12(2)29(13(3)4)24(32)20-9-8-19(34-20)23(31)28-27-14(5)16-11-33-22(21(16)30)15-6-7-17(25)18(26)10-15;1-4-5-6-11-29(3)24(32)20-10-9-19(34-20)23(31)28-27-14(2)16-13-33-22(21(16)30)15-7-8-17(25)18(26)12-15;1-13(17-12-32-21(20(17)28)14-4-2-5-15(24)10-14)26-27-23(30)19-8-7-18(33-19)22(29)25-11-16-6-3-9-31-16/h2-7,14,33H,8-13H2,1H3,(H,29,34)(H,31,35);6-13,30H,1-5H3,(H,28,31);7-10,12-13,30H,4-6,11H2,1-3H3,(H,28,31);2-10,12,28H,11H2,1H3,(H,25,29)(H,27,30)/b30-15+;2*27-14+;26-13+. The molecule has 14 rings (SSSR count). The van der Waals surface area contributed by atoms with E-state index < -0.39 is 30.0 Å². The van der Waals surface area contributed by atoms with E-state index in [1.807, 2.05) is 57.3 Å². The van der Waals surface area contributed by atoms with Crippen LogP contribution in [0, 0.1) is 0 Å². The van der Waals surface area contributed by atoms with Crippen molar-refractivity contribution in [2.24, 2.45) is 20.4 Å². The normalized spacial score (nSPS) is 12.5. The lowest BCUT2D eigenvalue weighted by Crippen LogP contribution is -2.41. The van der Waals surface area contributed by atoms with E-state index in [-0.39, 0.29) is 64.5 Å². The predicted octanol–water partition coefficient (Wildman–Crippen LogP) is 24.1. The minimum atomic E-state index is -4.79. The van der Waals surface area contributed by atoms with Gasteiger partial charge in [0, 0.05) is 83.3 Å². The number of benzene rings is 4. The summed E-state index contributed by atoms with van der Waals surface area (Å²) in [5.41, 5.74) is 16.2. The number of rotatable bonds is 32. The van der Waals surface area contributed by atoms with Gasteiger partial charge in [0.05, 0.1) is 143 Å². The molecule has 1 fully saturated rings. The molecule has 10 N–H and O–H groups in total. The van der Waals surface area contributed by atoms with Crippen molar-refractivity contribution in [2.75, 3.05) is 53.0 Å². The quantitative estimate of drug-likeness (QED) is 0.0106. The average molecular weight is 2180 g/mol. The van der Waals surface area contributed by atoms with Gasteiger partial charge < -0.3 is 50.3 Å². The molecule has 44 heteroatoms. The van der Waals surface area contributed by atoms with E-state index in [0.717, 1.165) is 118 Å². The van der Waals surface area contributed by atoms with Crippen molar-refractivity contribution in [3.63, 3.8) is 0 Å². The minimum absolute atomic E-state index is 0.0466. The molecular weight excluding hydrogens is 2080 g/mol. The summed E-state index contributed by atoms with van der Waals surface area (Å²) < 4.78 is 46.3. The maximum absolute atomic E-state index is 12.8. The molecule has 0 atom stereocenters. The Labute approximate surface area is 865 Å². The molecule has 27 nitrogen and oxygen atoms in total. The Kier molecular flexibility index (Phi) is 40.1. The van der Waals surface area contributed by atoms with Crippen molar-refractivity contribution >= 4 is 230 Å². The first-order chi connectivity index (χ1) is 66.8. The van der Waals surface area contributed by atoms with Crippen molar-refractivity contribution in [3.05, 3.63) is 264 Å². The molecule has 1 saturated heterocycles. The average Bonchev–Trinajstić information content (AvgIpc) is 1.67. The van der Waals surface area contributed by atoms with Gasteiger partial charge in [0.1, 0.15) is 28.7 Å². The minimum Gasteiger partial charge on any atom is -0.506 e. The molecule has 4 aromatic carbocycles. The lowest BCUT2D eigenvalue weighted by atomic mass is 10.1. The number of nitrogens with one attached hydrogen (secondary N) is 6. The van der Waals surface area contributed by atoms with Crippen LogP contribution in [0.15, 0.2) is 193 Å². The Morgan fingerprint density at radius 3 is 1.22 bits per heavy atom. The lowest BCUT2D eigenvalue weighted by Gasteiger charge is -2.30. The number of amides is 8. The molecule has 1 aliphatic heterocycles. The van der Waals surface area contributed by atoms with Crippen molar-refractivity contribution in [3.8, 4) is 70.5 Å². The zero-order chi connectivity index (χ0) is 101. The summed E-state index contributed by atoms with van der Waals surface area (Å²) in [7, 11) is 1.77. The largest absolute Gasteiger partial charge is 0.573 e. The molecule has 1 aliphatic rings. The SMILES string of the molecule is C/C(=N\NC(=O)c1ccc(C(=O)N(C(C)C)C(C)C)s1)c1csc(-c2ccc(Cl)c(Cl)c2)c1O.C/C(=N\NC(=O)c1ccc(C(=O)NCCN2CCOCC2)s1)c1csc(-c2ccc(OC(F)(F)F)cc2)c1O.C/C(=N\NC(=O)c1ccc(C(=O)NCc2cccs2)s1)c1csc(-c2cccc(Cl)c2)c1O.CCCCCN(C)C(=O)c1ccc(C(=O)N/N=C(\C)c2csc(-c3ccc(Cl)c(Cl)c3)c2O)s1. The summed E-state index contributed by atoms with van der Waals surface area (Å²) in [6, 6.07) is 39.4. The Bertz CT molecular complexity index is 6700. The molecule has 13 aromatic rings. The predicted molar refractivity (Wildman–Crippen MR) is 561 cm³/mol. The Balaban J connectivity index is 0.000000179. The fourth-order valence-corrected chi connectivity index (χ4v) is 22.1. The van der Waals surface area contributed by atoms with Crippen LogP contribution >= 0.6 is 160 Å². The molecule has 0 radical (unpaired) electrons. The molecular formula is C96H93Cl5F3N13O14S9. The fourth-order valence-electron chi connectivity index (χ4n) is 13.3. The Morgan fingerprint density at radius 2 is 0.836 bits per heavy atom. The number of thiophene rings is 9. The molecule has 10 heterocycles. The van der Waals surface area contributed by atoms with E-state index in [2.05, 4.69) is 69.3 Å². The third kappa shape index (κ3) is 30.0. The van der Waals surface area contributed by atoms with Gasteiger partial charge in [0.2, 0.25) is 0 Å². The number of nitrogens with zero attached hydrogens (tertiary/aromatic N) is 7. The smallest absolute Gasteiger partial charge is 0.506 e. The highest BCUT2D eigenvalue weighted by Gasteiger charge is 2.32. The number of carbonyl (C=O) groups excluding carboxylic acids is 8. The van der Waals surface area contributed by atoms with Crippen LogP contribution in [0.4, 0.5) is 13.2 Å². The monoisotopic (exact) mass is 2170 g/mol. The first-order valence-electron chi connectivity index (χ1n) is 42.8. The van der Waals surface area contributed by atoms with Gasteiger partial charge in [-0.1, -0.05) is 108 Å². The maximum atomic E-state index is 12.8. The first kappa shape index (κ1) is 109. The zero-order valence-corrected chi connectivity index (χ0v) is 87.5. The topological polar surface area (TPSA) is 367 Å². The molecule has 0 bridgehead atoms. The molecule has 0 aliphatic carbocycles. The summed E-state index contributed by atoms with van der Waals surface area (Å²) in [4.78, 5) is 113. The van der Waals surface area contributed by atoms with Gasteiger partial charge in [-0.15, -0.1) is 115 Å². The van der Waals surface area contributed by atoms with Gasteiger partial charge in [-0.05, 0) is 205 Å². The van der Waals surface area contributed by atoms with Gasteiger partial charge in [-0.2, -0.15) is 20.4 Å². The lowest BCUT2D eigenvalue weighted by molar-refractivity contribution is -0.274. The fraction of sp³-hybridized carbons (Fsp3) is 0.250. The molecule has 0 saturated carbocycles. The zero-order valence-electron chi connectivity index (χ0n) is 76.4. The van der Waals surface area contributed by atoms with Crippen LogP contribution in [0.2, 0.25) is 25.1 Å². The van der Waals surface area contributed by atoms with E-state index in [1.54, 1.807) is 168 Å². The number of hydrogen-bond donors (Lipinski definition) is 10. The Hall–Kier alpha value is -11.2. The number of aromatic hydroxyl groups is 4. The Morgan fingerprint density at radius 1 is 0.457 bits per heavy atom. The number of halogens is 8. The highest BCUT2D eigenvalue weighted by atomic mass is 35.5. The second-order valence-corrected chi connectivity index (χ2v) is 42.1. The molecule has 736 valence electrons. The molecule has 8 amide bonds. The maximum Gasteiger partial charge on any atom is 0.573 e. The number of hydrazone groups is 4. The summed E-state index contributed by atoms with van der Waals surface area (Å²) in [6.45, 7) is 22.0. The molecule has 0 unspecified atom stereocenters. The number of carbonyl (C=O) groups is 8. The van der Waals surface area contributed by atoms with Gasteiger partial charge in [0.25, 0.3) is 47.3 Å². The second kappa shape index (κ2) is 51.5. The van der Waals surface area contributed by atoms with Crippen LogP contribution in [0.3, 0.4) is 0 Å². The highest BCUT2D eigenvalue weighted by molar-refractivity contribution is 7.18. The number of hydrogen-bond acceptors (Lipinski definition) is 28. The molecule has 0 spiro atoms. The van der Waals surface area contributed by atoms with Crippen molar-refractivity contribution < 1.29 is 81.4 Å². The number of unbranched alkanes of at least 4 members (excludes halogenated alkanes) is 2. The van der Waals surface area contributed by atoms with Crippen LogP contribution in [0.25, 0.3) is 41.8 Å². The summed E-state index contributed by atoms with van der Waals surface area (Å²) in [5.74, 6) is -2.80. The molecule has 140 heavy (non-hydrogen) atoms. The second-order valence-electron chi connectivity index (χ2n) is 31.2. The summed E-state index contributed by atoms with van der Waals surface area (Å²) in [6.07, 6.45) is -1.68. The summed E-state index contributed by atoms with van der Waals surface area (Å²) >= 11 is 41.3. The van der Waals surface area contributed by atoms with E-state index in [4.69, 9.17) is 62.7 Å². The number of alkyl halides is 3. The number of morpholine rings is 1. The number of ether oxygens (including phenoxy) is 2. The van der Waals surface area contributed by atoms with E-state index in [9.17, 15) is 72.0 Å². The van der Waals surface area contributed by atoms with Crippen LogP contribution in [0.1, 0.15) is 186 Å². The third-order valence-electron chi connectivity index (χ3n) is 20.5. The van der Waals surface area contributed by atoms with Gasteiger partial charge in [-0.3, -0.25) is 43.3 Å². The first-order valence-corrected chi connectivity index (χ1v) is 52.3. The van der Waals surface area contributed by atoms with E-state index >= 15 is 0 Å². The van der Waals surface area contributed by atoms with Crippen LogP contribution < -0.4 is 37.1 Å². The van der Waals surface area contributed by atoms with Crippen LogP contribution in [-0.2, 0) is 11.3 Å². The van der Waals surface area contributed by atoms with Crippen LogP contribution in [-0.4, -0.2) is 177 Å². The van der Waals surface area contributed by atoms with Gasteiger partial charge in [-0.25, -0.2) is 21.7 Å². The third-order valence-corrected chi connectivity index (χ3v) is 31.5. The van der Waals surface area contributed by atoms with Crippen molar-refractivity contribution in [1.29, 1.82) is 0 Å². The summed E-state index contributed by atoms with van der Waals surface area (Å²) in [5, 5.41) is 75.9. The molecule has 9 aromatic heterocycles.